The van der Waals surface area contributed by atoms with Crippen molar-refractivity contribution < 1.29 is 42.8 Å². The van der Waals surface area contributed by atoms with Crippen LogP contribution in [-0.4, -0.2) is 104 Å². The average molecular weight is 986 g/mol. The third-order valence-electron chi connectivity index (χ3n) is 11.0. The van der Waals surface area contributed by atoms with Crippen LogP contribution in [0.3, 0.4) is 0 Å². The number of rotatable bonds is 6. The fourth-order valence-corrected chi connectivity index (χ4v) is 16.1. The Morgan fingerprint density at radius 3 is 0.641 bits per heavy atom. The van der Waals surface area contributed by atoms with Gasteiger partial charge in [-0.2, -0.15) is 0 Å². The van der Waals surface area contributed by atoms with Crippen molar-refractivity contribution in [2.45, 2.75) is 148 Å². The summed E-state index contributed by atoms with van der Waals surface area (Å²) in [5.41, 5.74) is 3.75. The van der Waals surface area contributed by atoms with Crippen LogP contribution in [0.2, 0.25) is 0 Å². The summed E-state index contributed by atoms with van der Waals surface area (Å²) >= 11 is 9.41. The standard InChI is InChI=1S/C46H55N3O9S6/c1-41(2)53-26-23(38(50)47(13)14)27-33(60-42(3,4)54-27)20(32(26)59-41)19(21-34-28(55-43(5,6)61-34)24(39(51)48(15)16)29-35(21)62-44(7,8)56-29)22-36-30(57-45(9,10)63-36)25(40(52)49(17)18)31-37(22)64-46(11,12)58-31/h19H,1-18H3. The van der Waals surface area contributed by atoms with Gasteiger partial charge in [-0.1, -0.05) is 70.6 Å². The molecule has 0 N–H and O–H groups in total. The van der Waals surface area contributed by atoms with E-state index in [1.165, 1.54) is 0 Å². The third-order valence-corrected chi connectivity index (χ3v) is 18.1. The van der Waals surface area contributed by atoms with Crippen LogP contribution in [0.25, 0.3) is 0 Å². The molecule has 64 heavy (non-hydrogen) atoms. The monoisotopic (exact) mass is 985 g/mol. The zero-order valence-corrected chi connectivity index (χ0v) is 44.4. The maximum atomic E-state index is 14.5. The van der Waals surface area contributed by atoms with Gasteiger partial charge in [0.2, 0.25) is 0 Å². The lowest BCUT2D eigenvalue weighted by Crippen LogP contribution is -2.26. The summed E-state index contributed by atoms with van der Waals surface area (Å²) in [6.45, 7) is 24.1. The molecule has 0 saturated carbocycles. The van der Waals surface area contributed by atoms with Crippen molar-refractivity contribution in [1.82, 2.24) is 14.7 Å². The fraction of sp³-hybridized carbons (Fsp3) is 0.543. The maximum absolute atomic E-state index is 14.5. The number of hydrogen-bond donors (Lipinski definition) is 0. The Morgan fingerprint density at radius 2 is 0.500 bits per heavy atom. The quantitative estimate of drug-likeness (QED) is 0.218. The smallest absolute Gasteiger partial charge is 0.260 e. The Balaban J connectivity index is 1.54. The topological polar surface area (TPSA) is 116 Å². The first-order valence-electron chi connectivity index (χ1n) is 21.0. The minimum Gasteiger partial charge on any atom is -0.475 e. The van der Waals surface area contributed by atoms with Crippen LogP contribution in [-0.2, 0) is 0 Å². The molecule has 3 aromatic rings. The molecule has 0 aliphatic carbocycles. The lowest BCUT2D eigenvalue weighted by Gasteiger charge is -2.30. The van der Waals surface area contributed by atoms with E-state index in [0.29, 0.717) is 51.2 Å². The second-order valence-corrected chi connectivity index (χ2v) is 29.5. The SMILES string of the molecule is CN(C)C(=O)c1c2c(c(C(c3c4c(c(C(=O)N(C)C)c5c3SC(C)(C)O5)OC(C)(C)S4)c3c4c(c(C(=O)N(C)C)c5c3SC(C)(C)O5)OC(C)(C)S4)c3c1OC(C)(C)S3)SC(C)(C)O2. The van der Waals surface area contributed by atoms with Gasteiger partial charge in [0.05, 0.1) is 29.4 Å². The summed E-state index contributed by atoms with van der Waals surface area (Å²) in [6.07, 6.45) is 0. The minimum absolute atomic E-state index is 0.235. The van der Waals surface area contributed by atoms with Crippen LogP contribution in [0.1, 0.15) is 137 Å². The highest BCUT2D eigenvalue weighted by molar-refractivity contribution is 8.02. The van der Waals surface area contributed by atoms with Gasteiger partial charge in [0.1, 0.15) is 16.7 Å². The van der Waals surface area contributed by atoms with E-state index in [4.69, 9.17) is 28.4 Å². The Labute approximate surface area is 401 Å². The number of thioether (sulfide) groups is 6. The van der Waals surface area contributed by atoms with Crippen LogP contribution in [0.15, 0.2) is 29.4 Å². The van der Waals surface area contributed by atoms with E-state index >= 15 is 0 Å². The Morgan fingerprint density at radius 1 is 0.344 bits per heavy atom. The van der Waals surface area contributed by atoms with Gasteiger partial charge in [0.25, 0.3) is 17.7 Å². The first-order chi connectivity index (χ1) is 29.3. The molecule has 0 atom stereocenters. The average Bonchev–Trinajstić information content (AvgIpc) is 3.95. The third kappa shape index (κ3) is 7.28. The number of hydrogen-bond acceptors (Lipinski definition) is 15. The maximum Gasteiger partial charge on any atom is 0.260 e. The van der Waals surface area contributed by atoms with Gasteiger partial charge in [-0.05, 0) is 99.8 Å². The van der Waals surface area contributed by atoms with Gasteiger partial charge >= 0.3 is 0 Å². The molecule has 0 spiro atoms. The molecule has 6 aliphatic rings. The van der Waals surface area contributed by atoms with E-state index in [1.807, 2.05) is 83.1 Å². The first kappa shape index (κ1) is 46.1. The Hall–Kier alpha value is -3.03. The van der Waals surface area contributed by atoms with Crippen LogP contribution < -0.4 is 28.4 Å². The molecule has 9 rings (SSSR count). The van der Waals surface area contributed by atoms with Crippen molar-refractivity contribution in [3.63, 3.8) is 0 Å². The van der Waals surface area contributed by atoms with E-state index in [2.05, 4.69) is 0 Å². The Kier molecular flexibility index (Phi) is 10.4. The molecule has 0 unspecified atom stereocenters. The summed E-state index contributed by atoms with van der Waals surface area (Å²) in [6, 6.07) is 0. The van der Waals surface area contributed by atoms with Crippen molar-refractivity contribution in [3.8, 4) is 34.5 Å². The van der Waals surface area contributed by atoms with E-state index in [0.717, 1.165) is 46.1 Å². The largest absolute Gasteiger partial charge is 0.475 e. The van der Waals surface area contributed by atoms with Gasteiger partial charge in [-0.25, -0.2) is 0 Å². The molecular weight excluding hydrogens is 931 g/mol. The number of ether oxygens (including phenoxy) is 6. The zero-order valence-electron chi connectivity index (χ0n) is 39.5. The number of carbonyl (C=O) groups is 3. The zero-order chi connectivity index (χ0) is 46.9. The number of amides is 3. The number of carbonyl (C=O) groups excluding carboxylic acids is 3. The van der Waals surface area contributed by atoms with Crippen LogP contribution in [0.5, 0.6) is 34.5 Å². The Bertz CT molecular complexity index is 2230. The minimum atomic E-state index is -0.782. The van der Waals surface area contributed by atoms with E-state index in [-0.39, 0.29) is 17.7 Å². The predicted molar refractivity (Wildman–Crippen MR) is 258 cm³/mol. The van der Waals surface area contributed by atoms with Gasteiger partial charge < -0.3 is 43.1 Å². The van der Waals surface area contributed by atoms with Crippen LogP contribution in [0.4, 0.5) is 0 Å². The van der Waals surface area contributed by atoms with Gasteiger partial charge in [-0.15, -0.1) is 0 Å². The molecule has 3 aromatic carbocycles. The second kappa shape index (κ2) is 14.5. The molecule has 12 nitrogen and oxygen atoms in total. The summed E-state index contributed by atoms with van der Waals surface area (Å²) < 4.78 is 41.5. The number of benzene rings is 3. The van der Waals surface area contributed by atoms with Crippen molar-refractivity contribution in [3.05, 3.63) is 33.4 Å². The van der Waals surface area contributed by atoms with E-state index < -0.39 is 35.5 Å². The predicted octanol–water partition coefficient (Wildman–Crippen LogP) is 11.3. The van der Waals surface area contributed by atoms with Gasteiger partial charge in [0, 0.05) is 48.2 Å². The normalized spacial score (nSPS) is 20.9. The highest BCUT2D eigenvalue weighted by Gasteiger charge is 2.55. The lowest BCUT2D eigenvalue weighted by atomic mass is 9.82. The fourth-order valence-electron chi connectivity index (χ4n) is 8.77. The highest BCUT2D eigenvalue weighted by Crippen LogP contribution is 2.71. The molecule has 6 aliphatic heterocycles. The molecule has 3 amide bonds. The van der Waals surface area contributed by atoms with E-state index in [1.54, 1.807) is 128 Å². The highest BCUT2D eigenvalue weighted by atomic mass is 32.2. The first-order valence-corrected chi connectivity index (χ1v) is 25.9. The lowest BCUT2D eigenvalue weighted by molar-refractivity contribution is 0.0802. The molecular formula is C46H55N3O9S6. The van der Waals surface area contributed by atoms with Crippen LogP contribution in [0, 0.1) is 0 Å². The molecule has 0 saturated heterocycles. The molecule has 0 bridgehead atoms. The molecule has 0 fully saturated rings. The van der Waals surface area contributed by atoms with E-state index in [9.17, 15) is 14.4 Å². The second-order valence-electron chi connectivity index (χ2n) is 20.0. The van der Waals surface area contributed by atoms with Crippen LogP contribution >= 0.6 is 70.6 Å². The molecule has 6 heterocycles. The molecule has 344 valence electrons. The summed E-state index contributed by atoms with van der Waals surface area (Å²) in [4.78, 5) is 48.4. The number of fused-ring (bicyclic) bond motifs is 6. The van der Waals surface area contributed by atoms with Crippen molar-refractivity contribution in [2.75, 3.05) is 42.3 Å². The van der Waals surface area contributed by atoms with Crippen molar-refractivity contribution in [1.29, 1.82) is 0 Å². The van der Waals surface area contributed by atoms with Crippen molar-refractivity contribution in [2.24, 2.45) is 0 Å². The molecule has 18 heteroatoms. The number of nitrogens with zero attached hydrogens (tertiary/aromatic N) is 3. The van der Waals surface area contributed by atoms with Gasteiger partial charge in [-0.3, -0.25) is 14.4 Å². The molecule has 0 radical (unpaired) electrons. The summed E-state index contributed by atoms with van der Waals surface area (Å²) in [5.74, 6) is 1.32. The molecule has 0 aromatic heterocycles. The van der Waals surface area contributed by atoms with Crippen molar-refractivity contribution >= 4 is 88.3 Å². The summed E-state index contributed by atoms with van der Waals surface area (Å²) in [7, 11) is 10.4. The van der Waals surface area contributed by atoms with Gasteiger partial charge in [0.15, 0.2) is 64.1 Å². The summed E-state index contributed by atoms with van der Waals surface area (Å²) in [5, 5.41) is 0.